The lowest BCUT2D eigenvalue weighted by molar-refractivity contribution is -0.0271. The third-order valence-corrected chi connectivity index (χ3v) is 6.42. The van der Waals surface area contributed by atoms with Crippen LogP contribution in [0.1, 0.15) is 40.0 Å². The van der Waals surface area contributed by atoms with E-state index in [4.69, 9.17) is 36.2 Å². The molecule has 0 saturated heterocycles. The Morgan fingerprint density at radius 3 is 1.81 bits per heavy atom. The van der Waals surface area contributed by atoms with Gasteiger partial charge in [0.15, 0.2) is 0 Å². The normalized spacial score (nSPS) is 13.1. The van der Waals surface area contributed by atoms with E-state index in [-0.39, 0.29) is 0 Å². The zero-order valence-corrected chi connectivity index (χ0v) is 14.8. The summed E-state index contributed by atoms with van der Waals surface area (Å²) in [4.78, 5) is 0. The van der Waals surface area contributed by atoms with Crippen LogP contribution in [-0.2, 0) is 13.3 Å². The van der Waals surface area contributed by atoms with Crippen molar-refractivity contribution in [3.05, 3.63) is 0 Å². The summed E-state index contributed by atoms with van der Waals surface area (Å²) in [6.07, 6.45) is 1.59. The SMILES string of the molecule is CCO[Si](CCC(N)N)(OCC)OC(C)(CCN)CCN. The van der Waals surface area contributed by atoms with Crippen LogP contribution in [0.2, 0.25) is 6.04 Å². The van der Waals surface area contributed by atoms with E-state index < -0.39 is 20.6 Å². The predicted octanol–water partition coefficient (Wildman–Crippen LogP) is 0.105. The van der Waals surface area contributed by atoms with Crippen molar-refractivity contribution in [2.75, 3.05) is 26.3 Å². The molecular formula is C13H34N4O3Si. The van der Waals surface area contributed by atoms with Crippen molar-refractivity contribution in [2.45, 2.75) is 57.8 Å². The van der Waals surface area contributed by atoms with Gasteiger partial charge in [-0.05, 0) is 53.1 Å². The summed E-state index contributed by atoms with van der Waals surface area (Å²) in [6, 6.07) is 0.594. The maximum Gasteiger partial charge on any atom is 0.501 e. The number of hydrogen-bond acceptors (Lipinski definition) is 7. The highest BCUT2D eigenvalue weighted by molar-refractivity contribution is 6.60. The molecule has 0 amide bonds. The van der Waals surface area contributed by atoms with Gasteiger partial charge >= 0.3 is 8.80 Å². The Balaban J connectivity index is 5.12. The number of nitrogens with two attached hydrogens (primary N) is 4. The highest BCUT2D eigenvalue weighted by Gasteiger charge is 2.46. The van der Waals surface area contributed by atoms with Crippen LogP contribution in [0.25, 0.3) is 0 Å². The van der Waals surface area contributed by atoms with Gasteiger partial charge in [-0.1, -0.05) is 0 Å². The molecule has 0 aromatic heterocycles. The zero-order valence-electron chi connectivity index (χ0n) is 13.8. The van der Waals surface area contributed by atoms with Crippen molar-refractivity contribution in [3.63, 3.8) is 0 Å². The summed E-state index contributed by atoms with van der Waals surface area (Å²) >= 11 is 0. The van der Waals surface area contributed by atoms with Crippen molar-refractivity contribution >= 4 is 8.80 Å². The van der Waals surface area contributed by atoms with Gasteiger partial charge in [-0.2, -0.15) is 0 Å². The van der Waals surface area contributed by atoms with Gasteiger partial charge in [-0.25, -0.2) is 0 Å². The molecule has 0 aromatic rings. The molecule has 0 aliphatic carbocycles. The van der Waals surface area contributed by atoms with Crippen molar-refractivity contribution in [3.8, 4) is 0 Å². The van der Waals surface area contributed by atoms with Gasteiger partial charge in [0.1, 0.15) is 0 Å². The Bertz CT molecular complexity index is 258. The lowest BCUT2D eigenvalue weighted by Crippen LogP contribution is -2.54. The van der Waals surface area contributed by atoms with Crippen LogP contribution in [0, 0.1) is 0 Å². The molecule has 7 nitrogen and oxygen atoms in total. The minimum atomic E-state index is -2.84. The maximum atomic E-state index is 6.36. The first-order valence-electron chi connectivity index (χ1n) is 7.76. The van der Waals surface area contributed by atoms with Gasteiger partial charge in [0.25, 0.3) is 0 Å². The second-order valence-corrected chi connectivity index (χ2v) is 8.03. The van der Waals surface area contributed by atoms with Crippen LogP contribution in [0.3, 0.4) is 0 Å². The lowest BCUT2D eigenvalue weighted by Gasteiger charge is -2.39. The summed E-state index contributed by atoms with van der Waals surface area (Å²) in [5, 5.41) is 0. The quantitative estimate of drug-likeness (QED) is 0.279. The third kappa shape index (κ3) is 8.22. The average Bonchev–Trinajstić information content (AvgIpc) is 2.37. The molecule has 0 aliphatic heterocycles. The largest absolute Gasteiger partial charge is 0.501 e. The third-order valence-electron chi connectivity index (χ3n) is 3.26. The van der Waals surface area contributed by atoms with Gasteiger partial charge < -0.3 is 36.2 Å². The molecule has 0 radical (unpaired) electrons. The van der Waals surface area contributed by atoms with Gasteiger partial charge in [0.05, 0.1) is 11.8 Å². The van der Waals surface area contributed by atoms with Crippen LogP contribution < -0.4 is 22.9 Å². The van der Waals surface area contributed by atoms with Gasteiger partial charge in [-0.3, -0.25) is 0 Å². The second kappa shape index (κ2) is 10.6. The molecule has 0 aliphatic rings. The van der Waals surface area contributed by atoms with Crippen LogP contribution in [0.5, 0.6) is 0 Å². The fraction of sp³-hybridized carbons (Fsp3) is 1.00. The molecule has 0 heterocycles. The molecule has 0 unspecified atom stereocenters. The number of rotatable bonds is 13. The van der Waals surface area contributed by atoms with Crippen molar-refractivity contribution in [2.24, 2.45) is 22.9 Å². The second-order valence-electron chi connectivity index (χ2n) is 5.38. The molecular weight excluding hydrogens is 288 g/mol. The van der Waals surface area contributed by atoms with E-state index in [9.17, 15) is 0 Å². The first kappa shape index (κ1) is 20.9. The molecule has 8 heteroatoms. The van der Waals surface area contributed by atoms with Crippen molar-refractivity contribution in [1.29, 1.82) is 0 Å². The monoisotopic (exact) mass is 322 g/mol. The van der Waals surface area contributed by atoms with Crippen LogP contribution in [0.4, 0.5) is 0 Å². The van der Waals surface area contributed by atoms with Crippen LogP contribution in [0.15, 0.2) is 0 Å². The summed E-state index contributed by atoms with van der Waals surface area (Å²) in [7, 11) is -2.84. The highest BCUT2D eigenvalue weighted by atomic mass is 28.4. The van der Waals surface area contributed by atoms with Gasteiger partial charge in [0.2, 0.25) is 0 Å². The first-order valence-corrected chi connectivity index (χ1v) is 9.69. The van der Waals surface area contributed by atoms with Gasteiger partial charge in [-0.15, -0.1) is 0 Å². The summed E-state index contributed by atoms with van der Waals surface area (Å²) in [5.74, 6) is 0. The van der Waals surface area contributed by atoms with E-state index in [1.165, 1.54) is 0 Å². The molecule has 0 spiro atoms. The predicted molar refractivity (Wildman–Crippen MR) is 87.4 cm³/mol. The molecule has 0 aromatic carbocycles. The Kier molecular flexibility index (Phi) is 10.6. The maximum absolute atomic E-state index is 6.36. The molecule has 8 N–H and O–H groups in total. The van der Waals surface area contributed by atoms with Gasteiger partial charge in [0, 0.05) is 19.3 Å². The lowest BCUT2D eigenvalue weighted by atomic mass is 9.99. The molecule has 0 atom stereocenters. The Labute approximate surface area is 130 Å². The topological polar surface area (TPSA) is 132 Å². The standard InChI is InChI=1S/C13H34N4O3Si/c1-4-18-21(19-5-2,11-6-12(16)17)20-13(3,7-9-14)8-10-15/h12H,4-11,14-17H2,1-3H3. The van der Waals surface area contributed by atoms with E-state index in [1.807, 2.05) is 20.8 Å². The van der Waals surface area contributed by atoms with Crippen LogP contribution >= 0.6 is 0 Å². The smallest absolute Gasteiger partial charge is 0.374 e. The minimum Gasteiger partial charge on any atom is -0.374 e. The van der Waals surface area contributed by atoms with Crippen LogP contribution in [-0.4, -0.2) is 46.9 Å². The summed E-state index contributed by atoms with van der Waals surface area (Å²) in [5.41, 5.74) is 22.3. The van der Waals surface area contributed by atoms with Crippen molar-refractivity contribution in [1.82, 2.24) is 0 Å². The van der Waals surface area contributed by atoms with E-state index in [2.05, 4.69) is 0 Å². The molecule has 21 heavy (non-hydrogen) atoms. The molecule has 0 saturated carbocycles. The fourth-order valence-corrected chi connectivity index (χ4v) is 5.41. The fourth-order valence-electron chi connectivity index (χ4n) is 2.29. The summed E-state index contributed by atoms with van der Waals surface area (Å²) < 4.78 is 18.2. The average molecular weight is 323 g/mol. The van der Waals surface area contributed by atoms with E-state index in [0.717, 1.165) is 0 Å². The Morgan fingerprint density at radius 1 is 1.00 bits per heavy atom. The summed E-state index contributed by atoms with van der Waals surface area (Å²) in [6.45, 7) is 7.95. The first-order chi connectivity index (χ1) is 9.87. The van der Waals surface area contributed by atoms with E-state index in [0.29, 0.717) is 51.6 Å². The molecule has 0 fully saturated rings. The molecule has 0 bridgehead atoms. The molecule has 0 rings (SSSR count). The Hall–Kier alpha value is -0.0631. The number of hydrogen-bond donors (Lipinski definition) is 4. The highest BCUT2D eigenvalue weighted by Crippen LogP contribution is 2.29. The van der Waals surface area contributed by atoms with Crippen molar-refractivity contribution < 1.29 is 13.3 Å². The Morgan fingerprint density at radius 2 is 1.48 bits per heavy atom. The molecule has 128 valence electrons. The minimum absolute atomic E-state index is 0.406. The zero-order chi connectivity index (χ0) is 16.4. The van der Waals surface area contributed by atoms with E-state index >= 15 is 0 Å². The van der Waals surface area contributed by atoms with E-state index in [1.54, 1.807) is 0 Å².